The maximum atomic E-state index is 11.1. The van der Waals surface area contributed by atoms with E-state index in [-0.39, 0.29) is 16.1 Å². The Hall–Kier alpha value is -1.83. The van der Waals surface area contributed by atoms with E-state index in [0.29, 0.717) is 5.56 Å². The zero-order chi connectivity index (χ0) is 14.4. The molecule has 4 bridgehead atoms. The number of nitro benzene ring substituents is 1. The van der Waals surface area contributed by atoms with Gasteiger partial charge in [-0.1, -0.05) is 12.1 Å². The third-order valence-electron chi connectivity index (χ3n) is 4.36. The third-order valence-corrected chi connectivity index (χ3v) is 4.36. The molecule has 0 saturated carbocycles. The van der Waals surface area contributed by atoms with Gasteiger partial charge in [-0.15, -0.1) is 0 Å². The molecule has 1 aromatic rings. The molecule has 7 nitrogen and oxygen atoms in total. The fraction of sp³-hybridized carbons (Fsp3) is 0.500. The van der Waals surface area contributed by atoms with Crippen LogP contribution < -0.4 is 0 Å². The molecule has 21 heavy (non-hydrogen) atoms. The minimum absolute atomic E-state index is 0.117. The summed E-state index contributed by atoms with van der Waals surface area (Å²) in [6.07, 6.45) is 1.69. The molecule has 0 radical (unpaired) electrons. The number of benzene rings is 1. The van der Waals surface area contributed by atoms with Gasteiger partial charge in [0.05, 0.1) is 36.0 Å². The van der Waals surface area contributed by atoms with Gasteiger partial charge in [-0.3, -0.25) is 29.8 Å². The Morgan fingerprint density at radius 3 is 2.24 bits per heavy atom. The van der Waals surface area contributed by atoms with Crippen molar-refractivity contribution in [3.8, 4) is 0 Å². The highest BCUT2D eigenvalue weighted by molar-refractivity contribution is 5.85. The first-order chi connectivity index (χ1) is 10.1. The molecule has 4 fully saturated rings. The maximum absolute atomic E-state index is 11.1. The van der Waals surface area contributed by atoms with Crippen molar-refractivity contribution in [3.05, 3.63) is 39.9 Å². The van der Waals surface area contributed by atoms with E-state index in [9.17, 15) is 10.1 Å². The van der Waals surface area contributed by atoms with E-state index in [4.69, 9.17) is 4.99 Å². The molecule has 4 aliphatic rings. The summed E-state index contributed by atoms with van der Waals surface area (Å²) in [6.45, 7) is 5.86. The smallest absolute Gasteiger partial charge is 0.278 e. The fourth-order valence-corrected chi connectivity index (χ4v) is 3.77. The number of nitro groups is 1. The summed E-state index contributed by atoms with van der Waals surface area (Å²) in [5.74, 6) is 0. The first-order valence-corrected chi connectivity index (χ1v) is 7.09. The quantitative estimate of drug-likeness (QED) is 0.462. The monoisotopic (exact) mass is 287 g/mol. The first kappa shape index (κ1) is 12.9. The molecule has 0 atom stereocenters. The maximum Gasteiger partial charge on any atom is 0.278 e. The molecular weight excluding hydrogens is 270 g/mol. The molecule has 110 valence electrons. The van der Waals surface area contributed by atoms with Gasteiger partial charge in [-0.2, -0.15) is 0 Å². The van der Waals surface area contributed by atoms with E-state index >= 15 is 0 Å². The molecule has 7 heteroatoms. The Balaban J connectivity index is 1.63. The Labute approximate surface area is 122 Å². The van der Waals surface area contributed by atoms with Gasteiger partial charge in [0.1, 0.15) is 0 Å². The number of hydrogen-bond acceptors (Lipinski definition) is 6. The van der Waals surface area contributed by atoms with Crippen molar-refractivity contribution in [1.29, 1.82) is 0 Å². The van der Waals surface area contributed by atoms with Crippen molar-refractivity contribution in [3.63, 3.8) is 0 Å². The Bertz CT molecular complexity index is 580. The van der Waals surface area contributed by atoms with Crippen LogP contribution in [0.5, 0.6) is 0 Å². The lowest BCUT2D eigenvalue weighted by atomic mass is 9.91. The Morgan fingerprint density at radius 1 is 1.10 bits per heavy atom. The molecule has 4 aliphatic heterocycles. The van der Waals surface area contributed by atoms with Crippen molar-refractivity contribution in [2.24, 2.45) is 4.99 Å². The largest absolute Gasteiger partial charge is 0.282 e. The van der Waals surface area contributed by atoms with E-state index in [1.807, 2.05) is 6.07 Å². The molecule has 5 rings (SSSR count). The fourth-order valence-electron chi connectivity index (χ4n) is 3.77. The minimum atomic E-state index is -0.350. The number of hydrogen-bond donors (Lipinski definition) is 0. The van der Waals surface area contributed by atoms with Gasteiger partial charge in [0.15, 0.2) is 0 Å². The van der Waals surface area contributed by atoms with Crippen molar-refractivity contribution in [1.82, 2.24) is 14.7 Å². The summed E-state index contributed by atoms with van der Waals surface area (Å²) in [6, 6.07) is 6.77. The van der Waals surface area contributed by atoms with Crippen molar-refractivity contribution < 1.29 is 4.92 Å². The van der Waals surface area contributed by atoms with Crippen LogP contribution in [-0.2, 0) is 0 Å². The summed E-state index contributed by atoms with van der Waals surface area (Å²) in [4.78, 5) is 22.6. The normalized spacial score (nSPS) is 37.2. The van der Waals surface area contributed by atoms with Gasteiger partial charge < -0.3 is 0 Å². The van der Waals surface area contributed by atoms with Crippen LogP contribution in [0.2, 0.25) is 0 Å². The number of aliphatic imine (C=N–C) groups is 1. The lowest BCUT2D eigenvalue weighted by Gasteiger charge is -2.59. The summed E-state index contributed by atoms with van der Waals surface area (Å²) in [5.41, 5.74) is 0.559. The Kier molecular flexibility index (Phi) is 2.81. The predicted octanol–water partition coefficient (Wildman–Crippen LogP) is 0.572. The minimum Gasteiger partial charge on any atom is -0.282 e. The van der Waals surface area contributed by atoms with E-state index in [1.165, 1.54) is 6.07 Å². The third kappa shape index (κ3) is 2.23. The number of rotatable bonds is 3. The van der Waals surface area contributed by atoms with Crippen LogP contribution in [0.1, 0.15) is 5.56 Å². The molecule has 0 spiro atoms. The van der Waals surface area contributed by atoms with Gasteiger partial charge in [0.25, 0.3) is 5.69 Å². The lowest BCUT2D eigenvalue weighted by molar-refractivity contribution is -0.385. The summed E-state index contributed by atoms with van der Waals surface area (Å²) in [5, 5.41) is 11.1. The zero-order valence-electron chi connectivity index (χ0n) is 11.7. The van der Waals surface area contributed by atoms with E-state index in [2.05, 4.69) is 14.7 Å². The molecule has 0 aliphatic carbocycles. The zero-order valence-corrected chi connectivity index (χ0v) is 11.7. The van der Waals surface area contributed by atoms with Crippen LogP contribution in [0, 0.1) is 10.1 Å². The van der Waals surface area contributed by atoms with Gasteiger partial charge in [0.2, 0.25) is 0 Å². The predicted molar refractivity (Wildman–Crippen MR) is 78.1 cm³/mol. The van der Waals surface area contributed by atoms with E-state index in [1.54, 1.807) is 18.3 Å². The van der Waals surface area contributed by atoms with Crippen LogP contribution in [-0.4, -0.2) is 71.0 Å². The summed E-state index contributed by atoms with van der Waals surface area (Å²) >= 11 is 0. The van der Waals surface area contributed by atoms with Crippen molar-refractivity contribution in [2.75, 3.05) is 39.6 Å². The van der Waals surface area contributed by atoms with Crippen molar-refractivity contribution >= 4 is 11.9 Å². The molecule has 0 aromatic heterocycles. The lowest BCUT2D eigenvalue weighted by Crippen LogP contribution is -2.75. The summed E-state index contributed by atoms with van der Waals surface area (Å²) in [7, 11) is 0. The number of para-hydroxylation sites is 1. The molecule has 0 N–H and O–H groups in total. The van der Waals surface area contributed by atoms with Crippen LogP contribution in [0.3, 0.4) is 0 Å². The highest BCUT2D eigenvalue weighted by Crippen LogP contribution is 2.31. The van der Waals surface area contributed by atoms with Crippen LogP contribution >= 0.6 is 0 Å². The number of nitrogens with zero attached hydrogens (tertiary/aromatic N) is 5. The average molecular weight is 287 g/mol. The van der Waals surface area contributed by atoms with Gasteiger partial charge >= 0.3 is 0 Å². The molecule has 0 unspecified atom stereocenters. The van der Waals surface area contributed by atoms with Gasteiger partial charge in [0, 0.05) is 31.9 Å². The second-order valence-electron chi connectivity index (χ2n) is 6.21. The first-order valence-electron chi connectivity index (χ1n) is 7.09. The standard InChI is InChI=1S/C14H17N5O2/c20-19(21)13-4-2-1-3-12(13)5-15-14-6-16-9-17(7-14)11-18(8-14)10-16/h1-5H,6-11H2. The SMILES string of the molecule is O=[N+]([O-])c1ccccc1C=NC12CN3CN(CN(C3)C1)C2. The second kappa shape index (κ2) is 4.59. The topological polar surface area (TPSA) is 65.2 Å². The highest BCUT2D eigenvalue weighted by Gasteiger charge is 2.48. The summed E-state index contributed by atoms with van der Waals surface area (Å²) < 4.78 is 0. The molecular formula is C14H17N5O2. The second-order valence-corrected chi connectivity index (χ2v) is 6.21. The molecule has 1 aromatic carbocycles. The molecule has 0 amide bonds. The van der Waals surface area contributed by atoms with Crippen LogP contribution in [0.4, 0.5) is 5.69 Å². The van der Waals surface area contributed by atoms with E-state index in [0.717, 1.165) is 39.6 Å². The van der Waals surface area contributed by atoms with Crippen molar-refractivity contribution in [2.45, 2.75) is 5.54 Å². The van der Waals surface area contributed by atoms with E-state index < -0.39 is 0 Å². The van der Waals surface area contributed by atoms with Crippen LogP contribution in [0.25, 0.3) is 0 Å². The average Bonchev–Trinajstić information content (AvgIpc) is 2.44. The Morgan fingerprint density at radius 2 is 1.67 bits per heavy atom. The van der Waals surface area contributed by atoms with Gasteiger partial charge in [-0.25, -0.2) is 0 Å². The molecule has 4 heterocycles. The van der Waals surface area contributed by atoms with Crippen LogP contribution in [0.15, 0.2) is 29.3 Å². The molecule has 4 saturated heterocycles. The highest BCUT2D eigenvalue weighted by atomic mass is 16.6. The van der Waals surface area contributed by atoms with Gasteiger partial charge in [-0.05, 0) is 6.07 Å².